The molecule has 0 saturated carbocycles. The average molecular weight is 351 g/mol. The minimum Gasteiger partial charge on any atom is -0.370 e. The Labute approximate surface area is 130 Å². The van der Waals surface area contributed by atoms with Gasteiger partial charge in [-0.3, -0.25) is 10.1 Å². The van der Waals surface area contributed by atoms with Crippen LogP contribution in [0.1, 0.15) is 12.5 Å². The second-order valence-electron chi connectivity index (χ2n) is 4.47. The number of benzene rings is 1. The van der Waals surface area contributed by atoms with Gasteiger partial charge in [0.2, 0.25) is 0 Å². The molecule has 0 amide bonds. The summed E-state index contributed by atoms with van der Waals surface area (Å²) in [6, 6.07) is 8.63. The molecule has 0 aliphatic heterocycles. The highest BCUT2D eigenvalue weighted by Gasteiger charge is 2.12. The number of anilines is 3. The normalized spacial score (nSPS) is 10.2. The molecule has 1 aromatic carbocycles. The smallest absolute Gasteiger partial charge is 0.276 e. The fourth-order valence-electron chi connectivity index (χ4n) is 1.82. The maximum atomic E-state index is 11.0. The fraction of sp³-hybridized carbons (Fsp3) is 0.214. The van der Waals surface area contributed by atoms with Gasteiger partial charge in [-0.15, -0.1) is 0 Å². The molecular formula is C14H15BrN4O2. The number of nitrogens with zero attached hydrogens (tertiary/aromatic N) is 2. The summed E-state index contributed by atoms with van der Waals surface area (Å²) in [6.45, 7) is 4.51. The molecule has 1 aromatic heterocycles. The van der Waals surface area contributed by atoms with Gasteiger partial charge >= 0.3 is 0 Å². The lowest BCUT2D eigenvalue weighted by molar-refractivity contribution is -0.384. The molecule has 0 spiro atoms. The van der Waals surface area contributed by atoms with Gasteiger partial charge in [0, 0.05) is 16.7 Å². The molecule has 0 atom stereocenters. The van der Waals surface area contributed by atoms with Crippen molar-refractivity contribution >= 4 is 38.9 Å². The largest absolute Gasteiger partial charge is 0.370 e. The molecule has 1 heterocycles. The van der Waals surface area contributed by atoms with Crippen LogP contribution in [-0.2, 0) is 0 Å². The Hall–Kier alpha value is -2.15. The lowest BCUT2D eigenvalue weighted by atomic mass is 10.2. The molecule has 0 radical (unpaired) electrons. The lowest BCUT2D eigenvalue weighted by Crippen LogP contribution is -2.04. The second-order valence-corrected chi connectivity index (χ2v) is 5.38. The number of aromatic nitrogens is 1. The third-order valence-electron chi connectivity index (χ3n) is 2.84. The molecular weight excluding hydrogens is 336 g/mol. The van der Waals surface area contributed by atoms with Gasteiger partial charge in [0.15, 0.2) is 0 Å². The fourth-order valence-corrected chi connectivity index (χ4v) is 2.19. The van der Waals surface area contributed by atoms with Crippen LogP contribution in [0.15, 0.2) is 34.8 Å². The maximum Gasteiger partial charge on any atom is 0.276 e. The van der Waals surface area contributed by atoms with E-state index in [0.29, 0.717) is 18.2 Å². The predicted molar refractivity (Wildman–Crippen MR) is 87.2 cm³/mol. The number of rotatable bonds is 5. The summed E-state index contributed by atoms with van der Waals surface area (Å²) in [4.78, 5) is 14.9. The first-order valence-electron chi connectivity index (χ1n) is 6.43. The van der Waals surface area contributed by atoms with Crippen LogP contribution in [-0.4, -0.2) is 16.5 Å². The van der Waals surface area contributed by atoms with E-state index in [4.69, 9.17) is 0 Å². The van der Waals surface area contributed by atoms with E-state index < -0.39 is 4.92 Å². The molecule has 7 heteroatoms. The van der Waals surface area contributed by atoms with Gasteiger partial charge in [-0.2, -0.15) is 0 Å². The number of hydrogen-bond donors (Lipinski definition) is 2. The van der Waals surface area contributed by atoms with Crippen molar-refractivity contribution in [1.29, 1.82) is 0 Å². The average Bonchev–Trinajstić information content (AvgIpc) is 2.43. The Kier molecular flexibility index (Phi) is 4.74. The number of pyridine rings is 1. The molecule has 0 fully saturated rings. The Bertz CT molecular complexity index is 676. The number of halogens is 1. The molecule has 0 unspecified atom stereocenters. The van der Waals surface area contributed by atoms with Gasteiger partial charge in [-0.1, -0.05) is 22.0 Å². The third-order valence-corrected chi connectivity index (χ3v) is 3.33. The van der Waals surface area contributed by atoms with E-state index in [-0.39, 0.29) is 5.69 Å². The highest BCUT2D eigenvalue weighted by Crippen LogP contribution is 2.27. The topological polar surface area (TPSA) is 80.1 Å². The van der Waals surface area contributed by atoms with E-state index in [1.54, 1.807) is 0 Å². The molecule has 2 aromatic rings. The SMILES string of the molecule is CCNc1cc([N+](=O)[O-])cc(Nc2cc(Br)ccc2C)n1. The van der Waals surface area contributed by atoms with Crippen LogP contribution < -0.4 is 10.6 Å². The van der Waals surface area contributed by atoms with Crippen molar-refractivity contribution in [2.24, 2.45) is 0 Å². The zero-order valence-electron chi connectivity index (χ0n) is 11.7. The summed E-state index contributed by atoms with van der Waals surface area (Å²) in [5.74, 6) is 0.906. The summed E-state index contributed by atoms with van der Waals surface area (Å²) < 4.78 is 0.924. The van der Waals surface area contributed by atoms with E-state index in [1.165, 1.54) is 12.1 Å². The number of hydrogen-bond acceptors (Lipinski definition) is 5. The summed E-state index contributed by atoms with van der Waals surface area (Å²) in [6.07, 6.45) is 0. The standard InChI is InChI=1S/C14H15BrN4O2/c1-3-16-13-7-11(19(20)21)8-14(18-13)17-12-6-10(15)5-4-9(12)2/h4-8H,3H2,1-2H3,(H2,16,17,18). The van der Waals surface area contributed by atoms with Crippen molar-refractivity contribution in [3.63, 3.8) is 0 Å². The van der Waals surface area contributed by atoms with Gasteiger partial charge in [-0.25, -0.2) is 4.98 Å². The van der Waals surface area contributed by atoms with Crippen molar-refractivity contribution in [1.82, 2.24) is 4.98 Å². The van der Waals surface area contributed by atoms with Crippen LogP contribution in [0.2, 0.25) is 0 Å². The summed E-state index contributed by atoms with van der Waals surface area (Å²) in [5, 5.41) is 17.1. The van der Waals surface area contributed by atoms with Crippen LogP contribution in [0.3, 0.4) is 0 Å². The number of aryl methyl sites for hydroxylation is 1. The Morgan fingerprint density at radius 2 is 2.00 bits per heavy atom. The Morgan fingerprint density at radius 3 is 2.67 bits per heavy atom. The van der Waals surface area contributed by atoms with E-state index in [9.17, 15) is 10.1 Å². The van der Waals surface area contributed by atoms with E-state index in [0.717, 1.165) is 15.7 Å². The Balaban J connectivity index is 2.38. The molecule has 0 saturated heterocycles. The van der Waals surface area contributed by atoms with Crippen molar-refractivity contribution in [3.8, 4) is 0 Å². The molecule has 0 bridgehead atoms. The zero-order chi connectivity index (χ0) is 15.4. The van der Waals surface area contributed by atoms with Gasteiger partial charge in [-0.05, 0) is 31.5 Å². The molecule has 6 nitrogen and oxygen atoms in total. The highest BCUT2D eigenvalue weighted by molar-refractivity contribution is 9.10. The van der Waals surface area contributed by atoms with Gasteiger partial charge in [0.1, 0.15) is 11.6 Å². The van der Waals surface area contributed by atoms with Crippen molar-refractivity contribution in [2.75, 3.05) is 17.2 Å². The first-order valence-corrected chi connectivity index (χ1v) is 7.22. The summed E-state index contributed by atoms with van der Waals surface area (Å²) in [5.41, 5.74) is 1.87. The molecule has 21 heavy (non-hydrogen) atoms. The predicted octanol–water partition coefficient (Wildman–Crippen LogP) is 4.24. The monoisotopic (exact) mass is 350 g/mol. The molecule has 0 aliphatic carbocycles. The molecule has 110 valence electrons. The number of nitro groups is 1. The van der Waals surface area contributed by atoms with Crippen molar-refractivity contribution in [3.05, 3.63) is 50.5 Å². The van der Waals surface area contributed by atoms with Crippen LogP contribution in [0, 0.1) is 17.0 Å². The van der Waals surface area contributed by atoms with Crippen LogP contribution in [0.4, 0.5) is 23.0 Å². The van der Waals surface area contributed by atoms with E-state index in [1.807, 2.05) is 32.0 Å². The minimum atomic E-state index is -0.429. The van der Waals surface area contributed by atoms with Crippen molar-refractivity contribution < 1.29 is 4.92 Å². The van der Waals surface area contributed by atoms with E-state index in [2.05, 4.69) is 31.5 Å². The van der Waals surface area contributed by atoms with Crippen LogP contribution >= 0.6 is 15.9 Å². The summed E-state index contributed by atoms with van der Waals surface area (Å²) in [7, 11) is 0. The van der Waals surface area contributed by atoms with Gasteiger partial charge in [0.25, 0.3) is 5.69 Å². The second kappa shape index (κ2) is 6.53. The first-order chi connectivity index (χ1) is 9.99. The first kappa shape index (κ1) is 15.2. The van der Waals surface area contributed by atoms with Gasteiger partial charge < -0.3 is 10.6 Å². The zero-order valence-corrected chi connectivity index (χ0v) is 13.3. The Morgan fingerprint density at radius 1 is 1.29 bits per heavy atom. The van der Waals surface area contributed by atoms with Crippen molar-refractivity contribution in [2.45, 2.75) is 13.8 Å². The molecule has 0 aliphatic rings. The third kappa shape index (κ3) is 3.91. The quantitative estimate of drug-likeness (QED) is 0.622. The number of nitrogens with one attached hydrogen (secondary N) is 2. The maximum absolute atomic E-state index is 11.0. The van der Waals surface area contributed by atoms with Crippen LogP contribution in [0.5, 0.6) is 0 Å². The van der Waals surface area contributed by atoms with Crippen LogP contribution in [0.25, 0.3) is 0 Å². The minimum absolute atomic E-state index is 0.00361. The van der Waals surface area contributed by atoms with Gasteiger partial charge in [0.05, 0.1) is 17.1 Å². The molecule has 2 rings (SSSR count). The lowest BCUT2D eigenvalue weighted by Gasteiger charge is -2.11. The van der Waals surface area contributed by atoms with E-state index >= 15 is 0 Å². The summed E-state index contributed by atoms with van der Waals surface area (Å²) >= 11 is 3.41. The molecule has 2 N–H and O–H groups in total. The highest BCUT2D eigenvalue weighted by atomic mass is 79.9.